The molecule has 0 aliphatic rings. The van der Waals surface area contributed by atoms with Crippen LogP contribution < -0.4 is 10.1 Å². The van der Waals surface area contributed by atoms with E-state index >= 15 is 0 Å². The Morgan fingerprint density at radius 3 is 2.76 bits per heavy atom. The highest BCUT2D eigenvalue weighted by atomic mass is 35.7. The molecule has 0 aliphatic heterocycles. The van der Waals surface area contributed by atoms with E-state index < -0.39 is 15.0 Å². The maximum absolute atomic E-state index is 12.1. The molecule has 0 spiro atoms. The van der Waals surface area contributed by atoms with Gasteiger partial charge in [-0.3, -0.25) is 10.1 Å². The topological polar surface area (TPSA) is 98.2 Å². The molecular formula is C11H10ClN3O4S2. The highest BCUT2D eigenvalue weighted by molar-refractivity contribution is 8.15. The minimum Gasteiger partial charge on any atom is -0.480 e. The van der Waals surface area contributed by atoms with Crippen molar-refractivity contribution in [2.24, 2.45) is 0 Å². The zero-order valence-corrected chi connectivity index (χ0v) is 13.3. The molecule has 10 heteroatoms. The van der Waals surface area contributed by atoms with Gasteiger partial charge in [0.2, 0.25) is 5.88 Å². The van der Waals surface area contributed by atoms with Crippen molar-refractivity contribution in [3.63, 3.8) is 0 Å². The highest BCUT2D eigenvalue weighted by Gasteiger charge is 2.21. The van der Waals surface area contributed by atoms with Crippen LogP contribution in [0.2, 0.25) is 0 Å². The summed E-state index contributed by atoms with van der Waals surface area (Å²) in [5.74, 6) is -0.347. The average molecular weight is 348 g/mol. The lowest BCUT2D eigenvalue weighted by atomic mass is 10.2. The number of pyridine rings is 1. The molecule has 0 aliphatic carbocycles. The summed E-state index contributed by atoms with van der Waals surface area (Å²) < 4.78 is 27.5. The van der Waals surface area contributed by atoms with Crippen LogP contribution in [-0.4, -0.2) is 31.4 Å². The number of aryl methyl sites for hydroxylation is 1. The molecule has 0 radical (unpaired) electrons. The summed E-state index contributed by atoms with van der Waals surface area (Å²) in [6, 6.07) is 3.11. The van der Waals surface area contributed by atoms with E-state index in [4.69, 9.17) is 15.4 Å². The molecule has 0 saturated carbocycles. The molecule has 112 valence electrons. The Morgan fingerprint density at radius 2 is 2.19 bits per heavy atom. The molecule has 2 rings (SSSR count). The number of nitrogens with zero attached hydrogens (tertiary/aromatic N) is 2. The summed E-state index contributed by atoms with van der Waals surface area (Å²) in [4.78, 5) is 20.0. The van der Waals surface area contributed by atoms with Gasteiger partial charge < -0.3 is 4.74 Å². The minimum absolute atomic E-state index is 0.0994. The lowest BCUT2D eigenvalue weighted by molar-refractivity contribution is 0.102. The maximum Gasteiger partial charge on any atom is 0.272 e. The molecule has 1 amide bonds. The fourth-order valence-electron chi connectivity index (χ4n) is 1.55. The molecule has 2 heterocycles. The molecule has 1 N–H and O–H groups in total. The van der Waals surface area contributed by atoms with Gasteiger partial charge in [-0.25, -0.2) is 18.4 Å². The number of methoxy groups -OCH3 is 1. The molecule has 0 fully saturated rings. The van der Waals surface area contributed by atoms with Crippen LogP contribution in [0.4, 0.5) is 5.13 Å². The summed E-state index contributed by atoms with van der Waals surface area (Å²) >= 11 is 0.779. The lowest BCUT2D eigenvalue weighted by Gasteiger charge is -2.05. The van der Waals surface area contributed by atoms with Crippen LogP contribution >= 0.6 is 22.0 Å². The number of nitrogens with one attached hydrogen (secondary N) is 1. The molecule has 2 aromatic rings. The molecule has 0 unspecified atom stereocenters. The third-order valence-corrected chi connectivity index (χ3v) is 5.66. The lowest BCUT2D eigenvalue weighted by Crippen LogP contribution is -2.13. The summed E-state index contributed by atoms with van der Waals surface area (Å²) in [6.07, 6.45) is 1.49. The quantitative estimate of drug-likeness (QED) is 0.850. The van der Waals surface area contributed by atoms with E-state index in [9.17, 15) is 13.2 Å². The predicted octanol–water partition coefficient (Wildman–Crippen LogP) is 2.03. The summed E-state index contributed by atoms with van der Waals surface area (Å²) in [5, 5.41) is 2.62. The number of ether oxygens (including phenoxy) is 1. The summed E-state index contributed by atoms with van der Waals surface area (Å²) in [5.41, 5.74) is 0.437. The van der Waals surface area contributed by atoms with Crippen LogP contribution in [0, 0.1) is 6.92 Å². The van der Waals surface area contributed by atoms with E-state index in [0.717, 1.165) is 11.3 Å². The number of thiazole rings is 1. The Hall–Kier alpha value is -1.71. The molecular weight excluding hydrogens is 338 g/mol. The standard InChI is InChI=1S/C11H10ClN3O4S2/c1-6-10(21(12,17)18)20-11(14-6)15-8(16)7-4-3-5-13-9(7)19-2/h3-5H,1-2H3,(H,14,15,16). The van der Waals surface area contributed by atoms with Crippen molar-refractivity contribution in [3.05, 3.63) is 29.6 Å². The summed E-state index contributed by atoms with van der Waals surface area (Å²) in [6.45, 7) is 1.49. The second-order valence-electron chi connectivity index (χ2n) is 3.84. The Labute approximate surface area is 129 Å². The second kappa shape index (κ2) is 5.96. The Kier molecular flexibility index (Phi) is 4.45. The molecule has 0 aromatic carbocycles. The van der Waals surface area contributed by atoms with Crippen molar-refractivity contribution < 1.29 is 17.9 Å². The van der Waals surface area contributed by atoms with Crippen LogP contribution in [0.1, 0.15) is 16.1 Å². The first-order valence-electron chi connectivity index (χ1n) is 5.55. The molecule has 0 saturated heterocycles. The molecule has 0 bridgehead atoms. The van der Waals surface area contributed by atoms with E-state index in [1.807, 2.05) is 0 Å². The van der Waals surface area contributed by atoms with Crippen molar-refractivity contribution >= 4 is 42.1 Å². The number of rotatable bonds is 4. The second-order valence-corrected chi connectivity index (χ2v) is 7.60. The molecule has 2 aromatic heterocycles. The van der Waals surface area contributed by atoms with Crippen molar-refractivity contribution in [2.45, 2.75) is 11.1 Å². The number of carbonyl (C=O) groups is 1. The van der Waals surface area contributed by atoms with Crippen molar-refractivity contribution in [3.8, 4) is 5.88 Å². The van der Waals surface area contributed by atoms with Crippen molar-refractivity contribution in [2.75, 3.05) is 12.4 Å². The Morgan fingerprint density at radius 1 is 1.48 bits per heavy atom. The first kappa shape index (κ1) is 15.7. The zero-order chi connectivity index (χ0) is 15.6. The van der Waals surface area contributed by atoms with Gasteiger partial charge in [0, 0.05) is 16.9 Å². The maximum atomic E-state index is 12.1. The van der Waals surface area contributed by atoms with Gasteiger partial charge in [-0.05, 0) is 19.1 Å². The van der Waals surface area contributed by atoms with E-state index in [2.05, 4.69) is 15.3 Å². The van der Waals surface area contributed by atoms with Gasteiger partial charge in [0.05, 0.1) is 12.8 Å². The van der Waals surface area contributed by atoms with Crippen LogP contribution in [0.5, 0.6) is 5.88 Å². The smallest absolute Gasteiger partial charge is 0.272 e. The fraction of sp³-hybridized carbons (Fsp3) is 0.182. The van der Waals surface area contributed by atoms with Gasteiger partial charge in [0.1, 0.15) is 5.56 Å². The van der Waals surface area contributed by atoms with E-state index in [-0.39, 0.29) is 26.5 Å². The third kappa shape index (κ3) is 3.49. The zero-order valence-electron chi connectivity index (χ0n) is 11.0. The Bertz CT molecular complexity index is 789. The number of hydrogen-bond acceptors (Lipinski definition) is 7. The number of anilines is 1. The van der Waals surface area contributed by atoms with Crippen molar-refractivity contribution in [1.29, 1.82) is 0 Å². The highest BCUT2D eigenvalue weighted by Crippen LogP contribution is 2.30. The van der Waals surface area contributed by atoms with Crippen LogP contribution in [0.3, 0.4) is 0 Å². The Balaban J connectivity index is 2.29. The van der Waals surface area contributed by atoms with E-state index in [1.165, 1.54) is 26.3 Å². The van der Waals surface area contributed by atoms with Gasteiger partial charge in [-0.2, -0.15) is 0 Å². The minimum atomic E-state index is -3.89. The largest absolute Gasteiger partial charge is 0.480 e. The number of halogens is 1. The van der Waals surface area contributed by atoms with Crippen LogP contribution in [-0.2, 0) is 9.05 Å². The van der Waals surface area contributed by atoms with Gasteiger partial charge in [0.15, 0.2) is 9.34 Å². The summed E-state index contributed by atoms with van der Waals surface area (Å²) in [7, 11) is 2.79. The molecule has 21 heavy (non-hydrogen) atoms. The van der Waals surface area contributed by atoms with Crippen LogP contribution in [0.25, 0.3) is 0 Å². The van der Waals surface area contributed by atoms with E-state index in [1.54, 1.807) is 6.07 Å². The average Bonchev–Trinajstić information content (AvgIpc) is 2.79. The first-order chi connectivity index (χ1) is 9.82. The number of hydrogen-bond donors (Lipinski definition) is 1. The van der Waals surface area contributed by atoms with Gasteiger partial charge in [-0.15, -0.1) is 0 Å². The van der Waals surface area contributed by atoms with Gasteiger partial charge in [0.25, 0.3) is 15.0 Å². The third-order valence-electron chi connectivity index (χ3n) is 2.41. The first-order valence-corrected chi connectivity index (χ1v) is 8.68. The van der Waals surface area contributed by atoms with Gasteiger partial charge >= 0.3 is 0 Å². The SMILES string of the molecule is COc1ncccc1C(=O)Nc1nc(C)c(S(=O)(=O)Cl)s1. The van der Waals surface area contributed by atoms with E-state index in [0.29, 0.717) is 0 Å². The van der Waals surface area contributed by atoms with Crippen molar-refractivity contribution in [1.82, 2.24) is 9.97 Å². The number of amides is 1. The normalized spacial score (nSPS) is 11.2. The fourth-order valence-corrected chi connectivity index (χ4v) is 3.90. The number of aromatic nitrogens is 2. The van der Waals surface area contributed by atoms with Gasteiger partial charge in [-0.1, -0.05) is 11.3 Å². The van der Waals surface area contributed by atoms with Crippen LogP contribution in [0.15, 0.2) is 22.5 Å². The molecule has 0 atom stereocenters. The molecule has 7 nitrogen and oxygen atoms in total. The number of carbonyl (C=O) groups excluding carboxylic acids is 1. The predicted molar refractivity (Wildman–Crippen MR) is 78.6 cm³/mol. The monoisotopic (exact) mass is 347 g/mol.